The smallest absolute Gasteiger partial charge is 0.178 e. The van der Waals surface area contributed by atoms with E-state index in [9.17, 15) is 8.42 Å². The van der Waals surface area contributed by atoms with Crippen LogP contribution in [0.25, 0.3) is 0 Å². The number of hydrogen-bond donors (Lipinski definition) is 0. The van der Waals surface area contributed by atoms with Crippen LogP contribution >= 0.6 is 15.9 Å². The molecule has 0 spiro atoms. The van der Waals surface area contributed by atoms with E-state index in [1.807, 2.05) is 19.9 Å². The zero-order chi connectivity index (χ0) is 12.2. The topological polar surface area (TPSA) is 34.1 Å². The van der Waals surface area contributed by atoms with E-state index in [-0.39, 0.29) is 11.7 Å². The van der Waals surface area contributed by atoms with Crippen molar-refractivity contribution in [3.63, 3.8) is 0 Å². The highest BCUT2D eigenvalue weighted by Gasteiger charge is 2.22. The molecule has 0 N–H and O–H groups in total. The van der Waals surface area contributed by atoms with Gasteiger partial charge in [-0.15, -0.1) is 0 Å². The molecular formula is C12H17BrO2S. The van der Waals surface area contributed by atoms with Crippen molar-refractivity contribution in [1.29, 1.82) is 0 Å². The summed E-state index contributed by atoms with van der Waals surface area (Å²) in [6.45, 7) is 4.10. The molecule has 0 aliphatic heterocycles. The van der Waals surface area contributed by atoms with Gasteiger partial charge in [0.2, 0.25) is 0 Å². The van der Waals surface area contributed by atoms with E-state index in [2.05, 4.69) is 15.9 Å². The highest BCUT2D eigenvalue weighted by molar-refractivity contribution is 9.09. The van der Waals surface area contributed by atoms with E-state index in [0.717, 1.165) is 5.33 Å². The van der Waals surface area contributed by atoms with Crippen molar-refractivity contribution in [1.82, 2.24) is 0 Å². The van der Waals surface area contributed by atoms with Gasteiger partial charge >= 0.3 is 0 Å². The summed E-state index contributed by atoms with van der Waals surface area (Å²) < 4.78 is 24.2. The molecule has 0 saturated carbocycles. The molecule has 0 radical (unpaired) electrons. The van der Waals surface area contributed by atoms with Gasteiger partial charge in [-0.25, -0.2) is 8.42 Å². The van der Waals surface area contributed by atoms with Crippen LogP contribution in [0.5, 0.6) is 0 Å². The van der Waals surface area contributed by atoms with Crippen LogP contribution in [0.4, 0.5) is 0 Å². The average Bonchev–Trinajstić information content (AvgIpc) is 2.27. The van der Waals surface area contributed by atoms with E-state index in [0.29, 0.717) is 10.8 Å². The van der Waals surface area contributed by atoms with E-state index in [4.69, 9.17) is 0 Å². The third-order valence-electron chi connectivity index (χ3n) is 2.68. The molecule has 1 rings (SSSR count). The summed E-state index contributed by atoms with van der Waals surface area (Å²) >= 11 is 3.38. The van der Waals surface area contributed by atoms with Crippen LogP contribution in [-0.4, -0.2) is 19.5 Å². The van der Waals surface area contributed by atoms with Crippen LogP contribution in [0.15, 0.2) is 35.2 Å². The lowest BCUT2D eigenvalue weighted by Crippen LogP contribution is -2.22. The lowest BCUT2D eigenvalue weighted by atomic mass is 10.0. The summed E-state index contributed by atoms with van der Waals surface area (Å²) in [6, 6.07) is 8.64. The molecule has 90 valence electrons. The van der Waals surface area contributed by atoms with E-state index in [1.54, 1.807) is 24.3 Å². The van der Waals surface area contributed by atoms with Gasteiger partial charge in [0.25, 0.3) is 0 Å². The molecule has 16 heavy (non-hydrogen) atoms. The Balaban J connectivity index is 2.88. The first-order chi connectivity index (χ1) is 7.47. The Morgan fingerprint density at radius 1 is 1.19 bits per heavy atom. The summed E-state index contributed by atoms with van der Waals surface area (Å²) in [7, 11) is -3.15. The standard InChI is InChI=1S/C12H17BrO2S/c1-10(2)11(8-13)9-16(14,15)12-6-4-3-5-7-12/h3-7,10-11H,8-9H2,1-2H3. The van der Waals surface area contributed by atoms with Crippen molar-refractivity contribution in [3.8, 4) is 0 Å². The number of alkyl halides is 1. The number of halogens is 1. The second kappa shape index (κ2) is 5.82. The first kappa shape index (κ1) is 13.7. The predicted octanol–water partition coefficient (Wildman–Crippen LogP) is 3.13. The number of rotatable bonds is 5. The van der Waals surface area contributed by atoms with Crippen LogP contribution in [0.2, 0.25) is 0 Å². The lowest BCUT2D eigenvalue weighted by molar-refractivity contribution is 0.462. The molecule has 0 aromatic heterocycles. The van der Waals surface area contributed by atoms with Gasteiger partial charge < -0.3 is 0 Å². The van der Waals surface area contributed by atoms with E-state index >= 15 is 0 Å². The summed E-state index contributed by atoms with van der Waals surface area (Å²) in [6.07, 6.45) is 0. The van der Waals surface area contributed by atoms with Gasteiger partial charge in [-0.05, 0) is 24.0 Å². The van der Waals surface area contributed by atoms with Crippen molar-refractivity contribution in [3.05, 3.63) is 30.3 Å². The number of hydrogen-bond acceptors (Lipinski definition) is 2. The summed E-state index contributed by atoms with van der Waals surface area (Å²) in [4.78, 5) is 0.418. The Labute approximate surface area is 106 Å². The summed E-state index contributed by atoms with van der Waals surface area (Å²) in [5.41, 5.74) is 0. The largest absolute Gasteiger partial charge is 0.224 e. The van der Waals surface area contributed by atoms with E-state index < -0.39 is 9.84 Å². The Morgan fingerprint density at radius 2 is 1.75 bits per heavy atom. The third-order valence-corrected chi connectivity index (χ3v) is 5.37. The van der Waals surface area contributed by atoms with Gasteiger partial charge in [-0.1, -0.05) is 48.0 Å². The molecule has 0 amide bonds. The fourth-order valence-electron chi connectivity index (χ4n) is 1.42. The zero-order valence-electron chi connectivity index (χ0n) is 9.56. The second-order valence-corrected chi connectivity index (χ2v) is 6.93. The highest BCUT2D eigenvalue weighted by Crippen LogP contribution is 2.20. The fraction of sp³-hybridized carbons (Fsp3) is 0.500. The van der Waals surface area contributed by atoms with Gasteiger partial charge in [-0.2, -0.15) is 0 Å². The second-order valence-electron chi connectivity index (χ2n) is 4.25. The predicted molar refractivity (Wildman–Crippen MR) is 70.6 cm³/mol. The molecule has 0 aliphatic rings. The Hall–Kier alpha value is -0.350. The van der Waals surface area contributed by atoms with Gasteiger partial charge in [-0.3, -0.25) is 0 Å². The average molecular weight is 305 g/mol. The van der Waals surface area contributed by atoms with Crippen molar-refractivity contribution >= 4 is 25.8 Å². The van der Waals surface area contributed by atoms with Gasteiger partial charge in [0.05, 0.1) is 10.6 Å². The minimum Gasteiger partial charge on any atom is -0.224 e. The van der Waals surface area contributed by atoms with Crippen molar-refractivity contribution in [2.45, 2.75) is 18.7 Å². The molecule has 0 saturated heterocycles. The van der Waals surface area contributed by atoms with Crippen molar-refractivity contribution in [2.24, 2.45) is 11.8 Å². The van der Waals surface area contributed by atoms with Crippen LogP contribution in [0, 0.1) is 11.8 Å². The van der Waals surface area contributed by atoms with Gasteiger partial charge in [0.15, 0.2) is 9.84 Å². The quantitative estimate of drug-likeness (QED) is 0.783. The zero-order valence-corrected chi connectivity index (χ0v) is 12.0. The number of benzene rings is 1. The van der Waals surface area contributed by atoms with Crippen LogP contribution in [0.3, 0.4) is 0 Å². The SMILES string of the molecule is CC(C)C(CBr)CS(=O)(=O)c1ccccc1. The molecule has 0 heterocycles. The minimum absolute atomic E-state index is 0.158. The van der Waals surface area contributed by atoms with E-state index in [1.165, 1.54) is 0 Å². The van der Waals surface area contributed by atoms with Crippen LogP contribution in [0.1, 0.15) is 13.8 Å². The highest BCUT2D eigenvalue weighted by atomic mass is 79.9. The Bertz CT molecular complexity index is 412. The molecule has 0 fully saturated rings. The molecule has 2 nitrogen and oxygen atoms in total. The Kier molecular flexibility index (Phi) is 4.99. The fourth-order valence-corrected chi connectivity index (χ4v) is 4.53. The first-order valence-electron chi connectivity index (χ1n) is 5.31. The van der Waals surface area contributed by atoms with Crippen molar-refractivity contribution in [2.75, 3.05) is 11.1 Å². The molecule has 4 heteroatoms. The normalized spacial score (nSPS) is 14.0. The lowest BCUT2D eigenvalue weighted by Gasteiger charge is -2.17. The first-order valence-corrected chi connectivity index (χ1v) is 8.08. The van der Waals surface area contributed by atoms with Gasteiger partial charge in [0, 0.05) is 5.33 Å². The van der Waals surface area contributed by atoms with Crippen LogP contribution < -0.4 is 0 Å². The molecule has 1 aromatic carbocycles. The Morgan fingerprint density at radius 3 is 2.19 bits per heavy atom. The molecule has 0 bridgehead atoms. The minimum atomic E-state index is -3.15. The van der Waals surface area contributed by atoms with Crippen LogP contribution in [-0.2, 0) is 9.84 Å². The molecular weight excluding hydrogens is 288 g/mol. The monoisotopic (exact) mass is 304 g/mol. The van der Waals surface area contributed by atoms with Gasteiger partial charge in [0.1, 0.15) is 0 Å². The molecule has 0 aliphatic carbocycles. The maximum Gasteiger partial charge on any atom is 0.178 e. The summed E-state index contributed by atoms with van der Waals surface area (Å²) in [5.74, 6) is 0.725. The maximum absolute atomic E-state index is 12.1. The maximum atomic E-state index is 12.1. The third kappa shape index (κ3) is 3.59. The molecule has 1 unspecified atom stereocenters. The number of sulfone groups is 1. The van der Waals surface area contributed by atoms with Crippen molar-refractivity contribution < 1.29 is 8.42 Å². The molecule has 1 aromatic rings. The summed E-state index contributed by atoms with van der Waals surface area (Å²) in [5, 5.41) is 0.719. The molecule has 1 atom stereocenters.